The molecule has 28 heavy (non-hydrogen) atoms. The van der Waals surface area contributed by atoms with E-state index in [0.29, 0.717) is 30.5 Å². The van der Waals surface area contributed by atoms with Crippen molar-refractivity contribution in [1.82, 2.24) is 24.6 Å². The highest BCUT2D eigenvalue weighted by atomic mass is 32.2. The molecule has 1 amide bonds. The van der Waals surface area contributed by atoms with Crippen LogP contribution in [0.4, 0.5) is 0 Å². The summed E-state index contributed by atoms with van der Waals surface area (Å²) in [5.41, 5.74) is 2.30. The molecule has 0 saturated carbocycles. The van der Waals surface area contributed by atoms with Gasteiger partial charge in [-0.1, -0.05) is 48.5 Å². The molecule has 1 fully saturated rings. The van der Waals surface area contributed by atoms with Crippen LogP contribution in [-0.4, -0.2) is 67.8 Å². The molecule has 3 heterocycles. The van der Waals surface area contributed by atoms with E-state index >= 15 is 0 Å². The minimum absolute atomic E-state index is 0.00676. The topological polar surface area (TPSA) is 71.3 Å². The number of piperazine rings is 1. The van der Waals surface area contributed by atoms with E-state index < -0.39 is 0 Å². The molecule has 0 spiro atoms. The lowest BCUT2D eigenvalue weighted by atomic mass is 9.98. The van der Waals surface area contributed by atoms with Gasteiger partial charge in [0.15, 0.2) is 11.0 Å². The van der Waals surface area contributed by atoms with Crippen molar-refractivity contribution in [3.8, 4) is 0 Å². The third kappa shape index (κ3) is 3.46. The van der Waals surface area contributed by atoms with E-state index in [1.165, 1.54) is 22.0 Å². The fraction of sp³-hybridized carbons (Fsp3) is 0.500. The molecule has 4 rings (SSSR count). The van der Waals surface area contributed by atoms with Gasteiger partial charge in [-0.3, -0.25) is 14.5 Å². The third-order valence-corrected chi connectivity index (χ3v) is 6.63. The molecule has 1 saturated heterocycles. The Morgan fingerprint density at radius 3 is 2.64 bits per heavy atom. The van der Waals surface area contributed by atoms with Crippen molar-refractivity contribution in [1.29, 1.82) is 0 Å². The Morgan fingerprint density at radius 1 is 1.29 bits per heavy atom. The van der Waals surface area contributed by atoms with Gasteiger partial charge in [0, 0.05) is 39.5 Å². The Kier molecular flexibility index (Phi) is 5.25. The number of fused-ring (bicyclic) bond motifs is 1. The van der Waals surface area contributed by atoms with Crippen molar-refractivity contribution >= 4 is 23.6 Å². The molecule has 0 radical (unpaired) electrons. The number of nitrogens with zero attached hydrogens (tertiary/aromatic N) is 5. The molecule has 2 unspecified atom stereocenters. The predicted octanol–water partition coefficient (Wildman–Crippen LogP) is 2.17. The fourth-order valence-electron chi connectivity index (χ4n) is 3.94. The normalized spacial score (nSPS) is 21.0. The van der Waals surface area contributed by atoms with Crippen LogP contribution >= 0.6 is 11.8 Å². The summed E-state index contributed by atoms with van der Waals surface area (Å²) in [6, 6.07) is 8.29. The number of amides is 1. The first kappa shape index (κ1) is 19.1. The number of carbonyl (C=O) groups is 2. The lowest BCUT2D eigenvalue weighted by Crippen LogP contribution is -2.51. The van der Waals surface area contributed by atoms with Crippen LogP contribution in [0.1, 0.15) is 41.6 Å². The van der Waals surface area contributed by atoms with Gasteiger partial charge in [0.1, 0.15) is 5.25 Å². The first-order valence-corrected chi connectivity index (χ1v) is 10.6. The largest absolute Gasteiger partial charge is 0.340 e. The summed E-state index contributed by atoms with van der Waals surface area (Å²) in [6.45, 7) is 8.54. The van der Waals surface area contributed by atoms with Crippen LogP contribution in [0, 0.1) is 6.92 Å². The summed E-state index contributed by atoms with van der Waals surface area (Å²) in [7, 11) is 0. The second kappa shape index (κ2) is 7.67. The molecule has 2 atom stereocenters. The van der Waals surface area contributed by atoms with Gasteiger partial charge in [0.25, 0.3) is 5.91 Å². The monoisotopic (exact) mass is 399 g/mol. The van der Waals surface area contributed by atoms with Crippen molar-refractivity contribution in [2.24, 2.45) is 0 Å². The molecular weight excluding hydrogens is 374 g/mol. The summed E-state index contributed by atoms with van der Waals surface area (Å²) >= 11 is 1.51. The maximum absolute atomic E-state index is 13.2. The van der Waals surface area contributed by atoms with Gasteiger partial charge in [0.2, 0.25) is 5.91 Å². The van der Waals surface area contributed by atoms with Gasteiger partial charge >= 0.3 is 0 Å². The standard InChI is InChI=1S/C20H25N5O2S/c1-4-16-21-20-25(22-16)19(27)18(28-20)17(15-7-5-6-13(2)12-15)24-10-8-23(9-11-24)14(3)26/h5-7,12,17-18H,4,8-11H2,1-3H3. The second-order valence-corrected chi connectivity index (χ2v) is 8.46. The molecule has 2 aromatic rings. The van der Waals surface area contributed by atoms with Crippen molar-refractivity contribution < 1.29 is 9.59 Å². The molecule has 0 bridgehead atoms. The first-order valence-electron chi connectivity index (χ1n) is 9.71. The highest BCUT2D eigenvalue weighted by molar-refractivity contribution is 8.00. The van der Waals surface area contributed by atoms with Gasteiger partial charge in [-0.25, -0.2) is 4.98 Å². The van der Waals surface area contributed by atoms with Crippen molar-refractivity contribution in [3.63, 3.8) is 0 Å². The molecule has 2 aliphatic heterocycles. The van der Waals surface area contributed by atoms with E-state index in [1.54, 1.807) is 6.92 Å². The van der Waals surface area contributed by atoms with Gasteiger partial charge in [-0.05, 0) is 12.5 Å². The van der Waals surface area contributed by atoms with Gasteiger partial charge in [0.05, 0.1) is 6.04 Å². The smallest absolute Gasteiger partial charge is 0.264 e. The number of hydrogen-bond donors (Lipinski definition) is 0. The number of rotatable bonds is 4. The highest BCUT2D eigenvalue weighted by Crippen LogP contribution is 2.41. The SMILES string of the molecule is CCc1nc2n(n1)C(=O)C(C(c1cccc(C)c1)N1CCN(C(C)=O)CC1)S2. The number of hydrogen-bond acceptors (Lipinski definition) is 6. The van der Waals surface area contributed by atoms with E-state index in [0.717, 1.165) is 18.7 Å². The van der Waals surface area contributed by atoms with E-state index in [4.69, 9.17) is 0 Å². The van der Waals surface area contributed by atoms with Crippen LogP contribution in [0.15, 0.2) is 29.4 Å². The highest BCUT2D eigenvalue weighted by Gasteiger charge is 2.43. The van der Waals surface area contributed by atoms with Crippen molar-refractivity contribution in [2.45, 2.75) is 43.6 Å². The summed E-state index contributed by atoms with van der Waals surface area (Å²) in [4.78, 5) is 33.6. The zero-order valence-electron chi connectivity index (χ0n) is 16.5. The Bertz CT molecular complexity index is 904. The zero-order valence-corrected chi connectivity index (χ0v) is 17.3. The molecule has 1 aromatic heterocycles. The Balaban J connectivity index is 1.64. The Morgan fingerprint density at radius 2 is 2.04 bits per heavy atom. The van der Waals surface area contributed by atoms with Crippen molar-refractivity contribution in [2.75, 3.05) is 26.2 Å². The Labute approximate surface area is 169 Å². The van der Waals surface area contributed by atoms with Crippen LogP contribution in [0.5, 0.6) is 0 Å². The lowest BCUT2D eigenvalue weighted by molar-refractivity contribution is -0.130. The first-order chi connectivity index (χ1) is 13.5. The summed E-state index contributed by atoms with van der Waals surface area (Å²) in [5.74, 6) is 0.804. The fourth-order valence-corrected chi connectivity index (χ4v) is 5.21. The van der Waals surface area contributed by atoms with Gasteiger partial charge in [-0.15, -0.1) is 5.10 Å². The number of benzene rings is 1. The molecular formula is C20H25N5O2S. The summed E-state index contributed by atoms with van der Waals surface area (Å²) in [5, 5.41) is 4.78. The minimum Gasteiger partial charge on any atom is -0.340 e. The average molecular weight is 400 g/mol. The summed E-state index contributed by atoms with van der Waals surface area (Å²) in [6.07, 6.45) is 0.715. The van der Waals surface area contributed by atoms with Crippen LogP contribution in [0.2, 0.25) is 0 Å². The number of aromatic nitrogens is 3. The molecule has 0 aliphatic carbocycles. The van der Waals surface area contributed by atoms with Crippen LogP contribution in [0.3, 0.4) is 0 Å². The van der Waals surface area contributed by atoms with Gasteiger partial charge in [-0.2, -0.15) is 4.68 Å². The number of carbonyl (C=O) groups excluding carboxylic acids is 2. The minimum atomic E-state index is -0.286. The lowest BCUT2D eigenvalue weighted by Gasteiger charge is -2.40. The maximum Gasteiger partial charge on any atom is 0.264 e. The molecule has 8 heteroatoms. The quantitative estimate of drug-likeness (QED) is 0.785. The average Bonchev–Trinajstić information content (AvgIpc) is 3.22. The second-order valence-electron chi connectivity index (χ2n) is 7.35. The molecule has 1 aromatic carbocycles. The zero-order chi connectivity index (χ0) is 19.8. The Hall–Kier alpha value is -2.19. The van der Waals surface area contributed by atoms with E-state index in [-0.39, 0.29) is 23.1 Å². The number of thioether (sulfide) groups is 1. The molecule has 148 valence electrons. The predicted molar refractivity (Wildman–Crippen MR) is 107 cm³/mol. The van der Waals surface area contributed by atoms with Crippen LogP contribution in [0.25, 0.3) is 0 Å². The van der Waals surface area contributed by atoms with Gasteiger partial charge < -0.3 is 4.90 Å². The molecule has 7 nitrogen and oxygen atoms in total. The van der Waals surface area contributed by atoms with E-state index in [1.807, 2.05) is 17.9 Å². The van der Waals surface area contributed by atoms with Crippen LogP contribution in [-0.2, 0) is 11.2 Å². The number of aryl methyl sites for hydroxylation is 2. The van der Waals surface area contributed by atoms with E-state index in [2.05, 4.69) is 40.1 Å². The maximum atomic E-state index is 13.2. The molecule has 0 N–H and O–H groups in total. The molecule has 2 aliphatic rings. The van der Waals surface area contributed by atoms with Crippen molar-refractivity contribution in [3.05, 3.63) is 41.2 Å². The summed E-state index contributed by atoms with van der Waals surface area (Å²) < 4.78 is 1.47. The van der Waals surface area contributed by atoms with Crippen LogP contribution < -0.4 is 0 Å². The van der Waals surface area contributed by atoms with E-state index in [9.17, 15) is 9.59 Å². The third-order valence-electron chi connectivity index (χ3n) is 5.45.